The molecule has 0 aliphatic heterocycles. The first-order chi connectivity index (χ1) is 5.86. The summed E-state index contributed by atoms with van der Waals surface area (Å²) in [5, 5.41) is 0. The van der Waals surface area contributed by atoms with Crippen LogP contribution in [-0.4, -0.2) is 0 Å². The molecule has 1 fully saturated rings. The van der Waals surface area contributed by atoms with Crippen LogP contribution in [0.3, 0.4) is 0 Å². The SMILES string of the molecule is C=CC1CCC(CC)CC1.CC. The third kappa shape index (κ3) is 3.94. The van der Waals surface area contributed by atoms with Crippen molar-refractivity contribution in [2.45, 2.75) is 52.9 Å². The molecule has 1 rings (SSSR count). The topological polar surface area (TPSA) is 0 Å². The Balaban J connectivity index is 0.000000561. The van der Waals surface area contributed by atoms with Gasteiger partial charge in [-0.05, 0) is 37.5 Å². The average molecular weight is 168 g/mol. The van der Waals surface area contributed by atoms with E-state index in [1.54, 1.807) is 0 Å². The molecule has 0 radical (unpaired) electrons. The first-order valence-corrected chi connectivity index (χ1v) is 5.49. The van der Waals surface area contributed by atoms with Crippen LogP contribution < -0.4 is 0 Å². The molecule has 12 heavy (non-hydrogen) atoms. The number of hydrogen-bond acceptors (Lipinski definition) is 0. The Kier molecular flexibility index (Phi) is 7.23. The van der Waals surface area contributed by atoms with Crippen molar-refractivity contribution in [2.24, 2.45) is 11.8 Å². The minimum atomic E-state index is 0.836. The summed E-state index contributed by atoms with van der Waals surface area (Å²) in [5.41, 5.74) is 0. The van der Waals surface area contributed by atoms with Crippen LogP contribution in [0.2, 0.25) is 0 Å². The molecule has 72 valence electrons. The van der Waals surface area contributed by atoms with Crippen LogP contribution in [0.1, 0.15) is 52.9 Å². The quantitative estimate of drug-likeness (QED) is 0.536. The van der Waals surface area contributed by atoms with E-state index in [4.69, 9.17) is 0 Å². The van der Waals surface area contributed by atoms with Crippen molar-refractivity contribution in [1.29, 1.82) is 0 Å². The van der Waals surface area contributed by atoms with E-state index < -0.39 is 0 Å². The standard InChI is InChI=1S/C10H18.C2H6/c1-3-9-5-7-10(4-2)8-6-9;1-2/h3,9-10H,1,4-8H2,2H3;1-2H3. The Bertz CT molecular complexity index is 96.6. The Morgan fingerprint density at radius 3 is 2.00 bits per heavy atom. The molecule has 0 aromatic carbocycles. The lowest BCUT2D eigenvalue weighted by Crippen LogP contribution is -2.11. The summed E-state index contributed by atoms with van der Waals surface area (Å²) < 4.78 is 0. The molecule has 0 bridgehead atoms. The van der Waals surface area contributed by atoms with Crippen molar-refractivity contribution in [2.75, 3.05) is 0 Å². The molecule has 0 saturated heterocycles. The highest BCUT2D eigenvalue weighted by Gasteiger charge is 2.16. The molecule has 0 heterocycles. The zero-order chi connectivity index (χ0) is 9.40. The van der Waals surface area contributed by atoms with Gasteiger partial charge in [0.15, 0.2) is 0 Å². The largest absolute Gasteiger partial charge is 0.103 e. The Labute approximate surface area is 78.1 Å². The van der Waals surface area contributed by atoms with Crippen LogP contribution >= 0.6 is 0 Å². The van der Waals surface area contributed by atoms with Gasteiger partial charge in [0.05, 0.1) is 0 Å². The molecule has 1 aliphatic rings. The highest BCUT2D eigenvalue weighted by Crippen LogP contribution is 2.30. The van der Waals surface area contributed by atoms with Gasteiger partial charge in [-0.25, -0.2) is 0 Å². The van der Waals surface area contributed by atoms with Gasteiger partial charge in [0, 0.05) is 0 Å². The normalized spacial score (nSPS) is 28.6. The fourth-order valence-electron chi connectivity index (χ4n) is 1.83. The maximum absolute atomic E-state index is 3.84. The molecule has 1 saturated carbocycles. The van der Waals surface area contributed by atoms with E-state index in [1.165, 1.54) is 32.1 Å². The van der Waals surface area contributed by atoms with E-state index in [0.29, 0.717) is 0 Å². The van der Waals surface area contributed by atoms with Crippen molar-refractivity contribution in [1.82, 2.24) is 0 Å². The zero-order valence-corrected chi connectivity index (χ0v) is 8.97. The summed E-state index contributed by atoms with van der Waals surface area (Å²) in [5.74, 6) is 1.86. The van der Waals surface area contributed by atoms with E-state index in [-0.39, 0.29) is 0 Å². The fraction of sp³-hybridized carbons (Fsp3) is 0.833. The molecule has 0 atom stereocenters. The maximum Gasteiger partial charge on any atom is -0.0236 e. The van der Waals surface area contributed by atoms with Crippen LogP contribution in [-0.2, 0) is 0 Å². The maximum atomic E-state index is 3.84. The monoisotopic (exact) mass is 168 g/mol. The molecule has 0 spiro atoms. The van der Waals surface area contributed by atoms with E-state index in [0.717, 1.165) is 11.8 Å². The van der Waals surface area contributed by atoms with Crippen molar-refractivity contribution < 1.29 is 0 Å². The van der Waals surface area contributed by atoms with Gasteiger partial charge in [-0.15, -0.1) is 6.58 Å². The summed E-state index contributed by atoms with van der Waals surface area (Å²) >= 11 is 0. The lowest BCUT2D eigenvalue weighted by atomic mass is 9.81. The summed E-state index contributed by atoms with van der Waals surface area (Å²) in [6.07, 6.45) is 9.17. The molecule has 0 amide bonds. The molecule has 0 aromatic rings. The van der Waals surface area contributed by atoms with Gasteiger partial charge >= 0.3 is 0 Å². The summed E-state index contributed by atoms with van der Waals surface area (Å²) in [6.45, 7) is 10.1. The van der Waals surface area contributed by atoms with E-state index in [2.05, 4.69) is 19.6 Å². The predicted octanol–water partition coefficient (Wildman–Crippen LogP) is 4.42. The van der Waals surface area contributed by atoms with Crippen LogP contribution in [0.25, 0.3) is 0 Å². The summed E-state index contributed by atoms with van der Waals surface area (Å²) in [7, 11) is 0. The molecule has 0 aromatic heterocycles. The molecule has 0 nitrogen and oxygen atoms in total. The Morgan fingerprint density at radius 1 is 1.17 bits per heavy atom. The molecule has 0 unspecified atom stereocenters. The third-order valence-electron chi connectivity index (χ3n) is 2.80. The van der Waals surface area contributed by atoms with E-state index in [1.807, 2.05) is 13.8 Å². The van der Waals surface area contributed by atoms with Crippen LogP contribution in [0.15, 0.2) is 12.7 Å². The molecular formula is C12H24. The summed E-state index contributed by atoms with van der Waals surface area (Å²) in [4.78, 5) is 0. The van der Waals surface area contributed by atoms with Gasteiger partial charge in [-0.3, -0.25) is 0 Å². The van der Waals surface area contributed by atoms with Crippen molar-refractivity contribution in [3.8, 4) is 0 Å². The molecule has 0 heteroatoms. The van der Waals surface area contributed by atoms with Crippen LogP contribution in [0.5, 0.6) is 0 Å². The highest BCUT2D eigenvalue weighted by molar-refractivity contribution is 4.83. The first-order valence-electron chi connectivity index (χ1n) is 5.49. The second-order valence-corrected chi connectivity index (χ2v) is 3.42. The van der Waals surface area contributed by atoms with Crippen molar-refractivity contribution in [3.05, 3.63) is 12.7 Å². The Hall–Kier alpha value is -0.260. The van der Waals surface area contributed by atoms with Gasteiger partial charge in [-0.2, -0.15) is 0 Å². The lowest BCUT2D eigenvalue weighted by Gasteiger charge is -2.25. The molecular weight excluding hydrogens is 144 g/mol. The Morgan fingerprint density at radius 2 is 1.67 bits per heavy atom. The minimum absolute atomic E-state index is 0.836. The number of allylic oxidation sites excluding steroid dienone is 1. The second kappa shape index (κ2) is 7.39. The van der Waals surface area contributed by atoms with Gasteiger partial charge < -0.3 is 0 Å². The van der Waals surface area contributed by atoms with Gasteiger partial charge in [0.1, 0.15) is 0 Å². The first kappa shape index (κ1) is 11.7. The molecule has 1 aliphatic carbocycles. The predicted molar refractivity (Wildman–Crippen MR) is 57.3 cm³/mol. The van der Waals surface area contributed by atoms with Crippen LogP contribution in [0.4, 0.5) is 0 Å². The average Bonchev–Trinajstić information content (AvgIpc) is 2.21. The van der Waals surface area contributed by atoms with Gasteiger partial charge in [-0.1, -0.05) is 33.3 Å². The second-order valence-electron chi connectivity index (χ2n) is 3.42. The smallest absolute Gasteiger partial charge is 0.0236 e. The van der Waals surface area contributed by atoms with Gasteiger partial charge in [0.25, 0.3) is 0 Å². The number of hydrogen-bond donors (Lipinski definition) is 0. The lowest BCUT2D eigenvalue weighted by molar-refractivity contribution is 0.304. The van der Waals surface area contributed by atoms with Crippen molar-refractivity contribution >= 4 is 0 Å². The summed E-state index contributed by atoms with van der Waals surface area (Å²) in [6, 6.07) is 0. The zero-order valence-electron chi connectivity index (χ0n) is 8.97. The van der Waals surface area contributed by atoms with Crippen molar-refractivity contribution in [3.63, 3.8) is 0 Å². The fourth-order valence-corrected chi connectivity index (χ4v) is 1.83. The van der Waals surface area contributed by atoms with Gasteiger partial charge in [0.2, 0.25) is 0 Å². The van der Waals surface area contributed by atoms with E-state index >= 15 is 0 Å². The number of rotatable bonds is 2. The van der Waals surface area contributed by atoms with Crippen LogP contribution in [0, 0.1) is 11.8 Å². The molecule has 0 N–H and O–H groups in total. The third-order valence-corrected chi connectivity index (χ3v) is 2.80. The highest BCUT2D eigenvalue weighted by atomic mass is 14.2. The minimum Gasteiger partial charge on any atom is -0.103 e. The van der Waals surface area contributed by atoms with E-state index in [9.17, 15) is 0 Å².